The number of nitrogens with one attached hydrogen (secondary N) is 13. The third kappa shape index (κ3) is 32.5. The van der Waals surface area contributed by atoms with E-state index in [1.54, 1.807) is 48.5 Å². The second kappa shape index (κ2) is 49.5. The number of nitrogens with two attached hydrogens (primary N) is 4. The zero-order valence-electron chi connectivity index (χ0n) is 71.1. The highest BCUT2D eigenvalue weighted by atomic mass is 16.5. The third-order valence-corrected chi connectivity index (χ3v) is 18.8. The number of carbonyl (C=O) groups is 20. The second-order valence-corrected chi connectivity index (χ2v) is 28.7. The molecule has 5 rings (SSSR count). The molecule has 0 radical (unpaired) electrons. The predicted octanol–water partition coefficient (Wildman–Crippen LogP) is -4.67. The number of amides is 13. The van der Waals surface area contributed by atoms with Gasteiger partial charge in [0.25, 0.3) is 5.91 Å². The fraction of sp³-hybridized carbons (Fsp3) is 0.425. The molecule has 5 aromatic rings. The molecule has 0 unspecified atom stereocenters. The van der Waals surface area contributed by atoms with Crippen molar-refractivity contribution >= 4 is 135 Å². The smallest absolute Gasteiger partial charge is 0.320 e. The normalized spacial score (nSPS) is 14.4. The van der Waals surface area contributed by atoms with Crippen molar-refractivity contribution in [1.29, 1.82) is 0 Å². The Morgan fingerprint density at radius 2 is 1.04 bits per heavy atom. The van der Waals surface area contributed by atoms with Gasteiger partial charge in [-0.25, -0.2) is 0 Å². The van der Waals surface area contributed by atoms with E-state index in [2.05, 4.69) is 33.2 Å². The van der Waals surface area contributed by atoms with Crippen molar-refractivity contribution in [2.75, 3.05) is 38.6 Å². The number of aromatic amines is 1. The lowest BCUT2D eigenvalue weighted by Crippen LogP contribution is -2.61. The Kier molecular flexibility index (Phi) is 38.1. The molecule has 13 amide bonds. The highest BCUT2D eigenvalue weighted by Gasteiger charge is 2.39. The van der Waals surface area contributed by atoms with Gasteiger partial charge in [0.2, 0.25) is 70.9 Å². The number of benzene rings is 4. The van der Waals surface area contributed by atoms with E-state index in [4.69, 9.17) is 31.9 Å². The Labute approximate surface area is 716 Å². The van der Waals surface area contributed by atoms with Crippen molar-refractivity contribution in [3.05, 3.63) is 119 Å². The van der Waals surface area contributed by atoms with Crippen LogP contribution in [0.1, 0.15) is 135 Å². The van der Waals surface area contributed by atoms with Crippen LogP contribution in [0.15, 0.2) is 97.2 Å². The number of aliphatic hydroxyl groups is 2. The number of ketones is 2. The molecule has 45 heteroatoms. The molecule has 0 bridgehead atoms. The number of carbonyl (C=O) groups excluding carboxylic acids is 15. The standard InChI is InChI=1S/C80H103N17O28/c1-5-6-9-26-125-45-23-21-42(22-24-45)41-17-19-43(20-18-41)71(114)92-52(28-44-34-85-50-15-8-7-12-46(44)50)75(118)93-53(30-59(83)101)76(119)95-56(33-65(110)111)77(120)97-68(40(4)99)79(122)87-36-60(102)89-51(16-11-25-81)73(116)94-55(32-64(108)109)74(117)88-39(3)70(113)91-54(31-63(106)107)72(115)86-35-61(103)90-57(37-98)78(121)96-67(38(2)27-62(104)105)69(112)48-14-10-13-47(66(48)84)58(100)29-49(82)80(123)124/h7-8,10,12-15,17-24,34,38-40,49,51-57,67-68,85,98-99H,5-6,9,11,16,25-33,35-37,81-82,84H2,1-4H3,(H2,83,101)(H,86,115)(H,87,122)(H,88,117)(H,89,102)(H,90,103)(H,91,113)(H,92,114)(H,93,118)(H,94,116)(H,95,119)(H,96,121)(H,97,120)(H,104,105)(H,106,107)(H,108,109)(H,110,111)(H,123,124)/t38-,39+,40-,49+,51+,52+,53+,54+,55+,56+,57+,67+,68+/m1/s1/i/hD3. The molecule has 4 aromatic carbocycles. The average molecular weight is 1750 g/mol. The molecule has 1 aromatic heterocycles. The highest BCUT2D eigenvalue weighted by molar-refractivity contribution is 6.12. The lowest BCUT2D eigenvalue weighted by molar-refractivity contribution is -0.142. The summed E-state index contributed by atoms with van der Waals surface area (Å²) in [4.78, 5) is 268. The summed E-state index contributed by atoms with van der Waals surface area (Å²) in [5.74, 6) is -29.4. The summed E-state index contributed by atoms with van der Waals surface area (Å²) in [6.45, 7) is 1.53. The summed E-state index contributed by atoms with van der Waals surface area (Å²) >= 11 is 0. The van der Waals surface area contributed by atoms with Crippen LogP contribution in [0.4, 0.5) is 5.69 Å². The minimum absolute atomic E-state index is 0.0525. The van der Waals surface area contributed by atoms with Gasteiger partial charge in [0.1, 0.15) is 66.2 Å². The molecule has 45 nitrogen and oxygen atoms in total. The number of Topliss-reactive ketones (excluding diaryl/α,β-unsaturated/α-hetero) is 2. The van der Waals surface area contributed by atoms with Gasteiger partial charge in [-0.1, -0.05) is 75.2 Å². The van der Waals surface area contributed by atoms with Crippen LogP contribution in [0, 0.1) is 5.92 Å². The van der Waals surface area contributed by atoms with Crippen LogP contribution in [0.25, 0.3) is 22.0 Å². The quantitative estimate of drug-likeness (QED) is 0.00988. The van der Waals surface area contributed by atoms with Gasteiger partial charge in [-0.05, 0) is 105 Å². The Morgan fingerprint density at radius 1 is 0.512 bits per heavy atom. The number of carboxylic acids is 5. The van der Waals surface area contributed by atoms with Gasteiger partial charge >= 0.3 is 29.8 Å². The maximum atomic E-state index is 14.6. The van der Waals surface area contributed by atoms with Crippen molar-refractivity contribution in [2.24, 2.45) is 23.1 Å². The number of primary amides is 1. The van der Waals surface area contributed by atoms with Crippen LogP contribution in [-0.4, -0.2) is 264 Å². The Bertz CT molecular complexity index is 4910. The van der Waals surface area contributed by atoms with E-state index in [0.29, 0.717) is 39.7 Å². The predicted molar refractivity (Wildman–Crippen MR) is 438 cm³/mol. The van der Waals surface area contributed by atoms with Gasteiger partial charge in [0.05, 0.1) is 76.2 Å². The van der Waals surface area contributed by atoms with Gasteiger partial charge in [0.15, 0.2) is 15.8 Å². The minimum Gasteiger partial charge on any atom is -0.494 e. The van der Waals surface area contributed by atoms with E-state index < -0.39 is 279 Å². The molecule has 0 spiro atoms. The first-order valence-electron chi connectivity index (χ1n) is 40.3. The number of rotatable bonds is 54. The SMILES string of the molecule is [2H]N(CC(=O)N[C@@H](CO)C(=O)N[C@H](C(=O)c1cccc(C(=O)C[C@H](N)C(=O)O)c1N)[C@H](C)CC(=O)O)C(=O)[C@H](CC(=O)O)NC(=O)[C@H](C)NC(=O)[C@H](CC(=O)O)N([2H])C(=O)[C@H](CCCN)NC(=O)CNC(=O)[C@@H](NC(=O)[C@H](CC(=O)O)NC(=O)[C@H](CC(N)=O)NC(=O)[C@H](Cc1c[nH]c2ccccc12)N([2H])C(=O)c1ccc(-c2ccc(OCCCCC)cc2)cc1)[C@@H](C)O. The van der Waals surface area contributed by atoms with Gasteiger partial charge in [-0.2, -0.15) is 0 Å². The Hall–Kier alpha value is -14.3. The third-order valence-electron chi connectivity index (χ3n) is 18.8. The molecular weight excluding hydrogens is 1650 g/mol. The highest BCUT2D eigenvalue weighted by Crippen LogP contribution is 2.27. The number of H-pyrrole nitrogens is 1. The monoisotopic (exact) mass is 1750 g/mol. The number of aliphatic carboxylic acids is 5. The van der Waals surface area contributed by atoms with Crippen LogP contribution in [0.5, 0.6) is 5.75 Å². The number of ether oxygens (including phenoxy) is 1. The molecule has 676 valence electrons. The largest absolute Gasteiger partial charge is 0.494 e. The summed E-state index contributed by atoms with van der Waals surface area (Å²) in [6.07, 6.45) is -5.21. The number of unbranched alkanes of at least 4 members (excludes halogenated alkanes) is 2. The Balaban J connectivity index is 1.24. The number of aromatic nitrogens is 1. The number of aliphatic hydroxyl groups excluding tert-OH is 2. The van der Waals surface area contributed by atoms with E-state index in [1.165, 1.54) is 25.3 Å². The number of hydrogen-bond donors (Lipinski definition) is 24. The maximum Gasteiger partial charge on any atom is 0.320 e. The first kappa shape index (κ1) is 96.1. The number of anilines is 1. The summed E-state index contributed by atoms with van der Waals surface area (Å²) in [5.41, 5.74) is 23.8. The molecule has 0 aliphatic heterocycles. The maximum absolute atomic E-state index is 14.6. The van der Waals surface area contributed by atoms with Gasteiger partial charge < -0.3 is 132 Å². The molecule has 0 aliphatic carbocycles. The molecule has 0 saturated heterocycles. The lowest BCUT2D eigenvalue weighted by Gasteiger charge is -2.26. The number of nitrogen functional groups attached to an aromatic ring is 1. The van der Waals surface area contributed by atoms with Crippen molar-refractivity contribution in [3.63, 3.8) is 0 Å². The Morgan fingerprint density at radius 3 is 1.62 bits per heavy atom. The summed E-state index contributed by atoms with van der Waals surface area (Å²) < 4.78 is 31.9. The van der Waals surface area contributed by atoms with E-state index in [0.717, 1.165) is 56.9 Å². The molecule has 0 fully saturated rings. The molecule has 13 atom stereocenters. The van der Waals surface area contributed by atoms with Crippen molar-refractivity contribution in [1.82, 2.24) is 68.8 Å². The number of hydrogen-bond acceptors (Lipinski definition) is 26. The van der Waals surface area contributed by atoms with Crippen LogP contribution in [0.2, 0.25) is 4.24 Å². The minimum atomic E-state index is -2.42. The van der Waals surface area contributed by atoms with Crippen LogP contribution < -0.4 is 91.5 Å². The zero-order chi connectivity index (χ0) is 95.7. The fourth-order valence-corrected chi connectivity index (χ4v) is 12.2. The van der Waals surface area contributed by atoms with Gasteiger partial charge in [-0.15, -0.1) is 0 Å². The summed E-state index contributed by atoms with van der Waals surface area (Å²) in [7, 11) is 0. The molecule has 125 heavy (non-hydrogen) atoms. The number of para-hydroxylation sites is 2. The zero-order valence-corrected chi connectivity index (χ0v) is 68.1. The first-order chi connectivity index (χ1) is 60.3. The van der Waals surface area contributed by atoms with E-state index in [1.807, 2.05) is 38.7 Å². The lowest BCUT2D eigenvalue weighted by atomic mass is 9.88. The second-order valence-electron chi connectivity index (χ2n) is 28.7. The average Bonchev–Trinajstić information content (AvgIpc) is 1.42. The number of fused-ring (bicyclic) bond motifs is 1. The first-order valence-corrected chi connectivity index (χ1v) is 38.9. The molecule has 1 heterocycles. The molecular formula is C80H103N17O28. The summed E-state index contributed by atoms with van der Waals surface area (Å²) in [5, 5.41) is 88.3. The van der Waals surface area contributed by atoms with Gasteiger partial charge in [0, 0.05) is 46.6 Å². The van der Waals surface area contributed by atoms with E-state index in [9.17, 15) is 132 Å². The van der Waals surface area contributed by atoms with Crippen molar-refractivity contribution < 1.29 is 141 Å². The van der Waals surface area contributed by atoms with Crippen molar-refractivity contribution in [3.8, 4) is 16.9 Å². The van der Waals surface area contributed by atoms with E-state index in [-0.39, 0.29) is 34.7 Å². The molecule has 0 aliphatic rings. The van der Waals surface area contributed by atoms with E-state index >= 15 is 0 Å². The van der Waals surface area contributed by atoms with Crippen LogP contribution in [-0.2, 0) is 87.9 Å². The topological polar surface area (TPSA) is 756 Å². The van der Waals surface area contributed by atoms with Crippen LogP contribution in [0.3, 0.4) is 0 Å². The summed E-state index contributed by atoms with van der Waals surface area (Å²) in [6, 6.07) is 0.996. The fourth-order valence-electron chi connectivity index (χ4n) is 12.2. The van der Waals surface area contributed by atoms with Crippen LogP contribution >= 0.6 is 0 Å². The molecule has 28 N–H and O–H groups in total. The van der Waals surface area contributed by atoms with Gasteiger partial charge in [-0.3, -0.25) is 95.9 Å². The number of carboxylic acid groups (broad SMARTS) is 5. The molecule has 0 saturated carbocycles. The van der Waals surface area contributed by atoms with Crippen molar-refractivity contribution in [2.45, 2.75) is 177 Å².